The molecule has 3 nitrogen and oxygen atoms in total. The summed E-state index contributed by atoms with van der Waals surface area (Å²) in [5, 5.41) is 4.84. The fraction of sp³-hybridized carbons (Fsp3) is 0.102. The molecule has 0 atom stereocenters. The monoisotopic (exact) mass is 897 g/mol. The maximum atomic E-state index is 7.23. The predicted molar refractivity (Wildman–Crippen MR) is 224 cm³/mol. The molecule has 3 aromatic heterocycles. The third-order valence-corrected chi connectivity index (χ3v) is 10.2. The number of aryl methyl sites for hydroxylation is 1. The Labute approximate surface area is 339 Å². The summed E-state index contributed by atoms with van der Waals surface area (Å²) in [6.45, 7) is 4.69. The van der Waals surface area contributed by atoms with Gasteiger partial charge >= 0.3 is 0 Å². The number of aromatic nitrogens is 3. The van der Waals surface area contributed by atoms with E-state index >= 15 is 0 Å². The van der Waals surface area contributed by atoms with Gasteiger partial charge in [0.25, 0.3) is 0 Å². The molecule has 0 aliphatic rings. The Hall–Kier alpha value is -5.45. The average Bonchev–Trinajstić information content (AvgIpc) is 3.82. The first kappa shape index (κ1) is 33.1. The number of benzene rings is 6. The van der Waals surface area contributed by atoms with Gasteiger partial charge in [0.1, 0.15) is 0 Å². The molecular formula is C49H39IrN3S-2. The molecule has 0 spiro atoms. The van der Waals surface area contributed by atoms with E-state index in [4.69, 9.17) is 9.10 Å². The Morgan fingerprint density at radius 2 is 1.39 bits per heavy atom. The number of imidazole rings is 1. The summed E-state index contributed by atoms with van der Waals surface area (Å²) in [4.78, 5) is 9.38. The second-order valence-corrected chi connectivity index (χ2v) is 14.8. The quantitative estimate of drug-likeness (QED) is 0.161. The van der Waals surface area contributed by atoms with Gasteiger partial charge in [-0.05, 0) is 46.8 Å². The van der Waals surface area contributed by atoms with Crippen LogP contribution in [0.2, 0.25) is 0 Å². The summed E-state index contributed by atoms with van der Waals surface area (Å²) in [7, 11) is 0. The number of nitrogens with zero attached hydrogens (tertiary/aromatic N) is 3. The third-order valence-electron chi connectivity index (χ3n) is 9.34. The summed E-state index contributed by atoms with van der Waals surface area (Å²) >= 11 is 1.68. The van der Waals surface area contributed by atoms with Crippen LogP contribution in [0.25, 0.3) is 71.7 Å². The van der Waals surface area contributed by atoms with Crippen LogP contribution in [-0.4, -0.2) is 14.5 Å². The number of pyridine rings is 1. The van der Waals surface area contributed by atoms with E-state index in [-0.39, 0.29) is 31.1 Å². The van der Waals surface area contributed by atoms with Crippen molar-refractivity contribution in [2.45, 2.75) is 33.0 Å². The molecule has 0 amide bonds. The Morgan fingerprint density at radius 1 is 0.704 bits per heavy atom. The molecular weight excluding hydrogens is 855 g/mol. The molecule has 267 valence electrons. The molecule has 9 rings (SSSR count). The van der Waals surface area contributed by atoms with Crippen LogP contribution in [-0.2, 0) is 25.5 Å². The summed E-state index contributed by atoms with van der Waals surface area (Å²) < 4.78 is 25.3. The minimum atomic E-state index is -2.09. The molecule has 6 aromatic carbocycles. The van der Waals surface area contributed by atoms with Crippen LogP contribution in [0, 0.1) is 18.3 Å². The molecule has 0 fully saturated rings. The van der Waals surface area contributed by atoms with Gasteiger partial charge in [0.15, 0.2) is 0 Å². The smallest absolute Gasteiger partial charge is 0.0774 e. The van der Waals surface area contributed by atoms with Gasteiger partial charge in [-0.15, -0.1) is 47.3 Å². The van der Waals surface area contributed by atoms with Crippen molar-refractivity contribution >= 4 is 32.5 Å². The van der Waals surface area contributed by atoms with E-state index in [1.165, 1.54) is 44.1 Å². The van der Waals surface area contributed by atoms with E-state index in [0.717, 1.165) is 39.4 Å². The molecule has 0 aliphatic carbocycles. The van der Waals surface area contributed by atoms with Crippen LogP contribution in [0.1, 0.15) is 36.0 Å². The number of fused-ring (bicyclic) bond motifs is 2. The zero-order chi connectivity index (χ0) is 38.9. The second-order valence-electron chi connectivity index (χ2n) is 13.9. The van der Waals surface area contributed by atoms with Crippen molar-refractivity contribution < 1.29 is 24.2 Å². The minimum absolute atomic E-state index is 0. The molecule has 0 N–H and O–H groups in total. The molecule has 3 heterocycles. The van der Waals surface area contributed by atoms with Crippen molar-refractivity contribution in [3.8, 4) is 50.6 Å². The van der Waals surface area contributed by atoms with Gasteiger partial charge < -0.3 is 9.55 Å². The van der Waals surface area contributed by atoms with Crippen LogP contribution >= 0.6 is 11.3 Å². The van der Waals surface area contributed by atoms with Gasteiger partial charge in [0.2, 0.25) is 0 Å². The zero-order valence-electron chi connectivity index (χ0n) is 33.2. The third kappa shape index (κ3) is 7.49. The number of hydrogen-bond donors (Lipinski definition) is 0. The van der Waals surface area contributed by atoms with Crippen LogP contribution in [0.5, 0.6) is 0 Å². The van der Waals surface area contributed by atoms with E-state index in [9.17, 15) is 0 Å². The van der Waals surface area contributed by atoms with Gasteiger partial charge in [-0.25, -0.2) is 0 Å². The SMILES string of the molecule is CC(C)(C)c1ccc2c(-c3nc4ccccc4n3-c3c(-c4ccccc4)cccc3-c3ccccc3)[c-]sc2c1.[2H]C([2H])([2H])c1ccc(-c2[c-]cccc2)nc1.[Ir]. The van der Waals surface area contributed by atoms with Crippen molar-refractivity contribution in [2.24, 2.45) is 0 Å². The van der Waals surface area contributed by atoms with E-state index in [2.05, 4.69) is 163 Å². The minimum Gasteiger partial charge on any atom is -0.332 e. The van der Waals surface area contributed by atoms with Gasteiger partial charge in [-0.1, -0.05) is 157 Å². The Kier molecular flexibility index (Phi) is 9.75. The first-order chi connectivity index (χ1) is 27.1. The first-order valence-corrected chi connectivity index (χ1v) is 18.5. The van der Waals surface area contributed by atoms with E-state index in [1.54, 1.807) is 29.5 Å². The van der Waals surface area contributed by atoms with E-state index in [0.29, 0.717) is 0 Å². The van der Waals surface area contributed by atoms with Crippen molar-refractivity contribution in [1.29, 1.82) is 0 Å². The van der Waals surface area contributed by atoms with Crippen LogP contribution in [0.4, 0.5) is 0 Å². The van der Waals surface area contributed by atoms with E-state index in [1.807, 2.05) is 18.2 Å². The summed E-state index contributed by atoms with van der Waals surface area (Å²) in [6.07, 6.45) is 1.39. The maximum absolute atomic E-state index is 7.23. The molecule has 54 heavy (non-hydrogen) atoms. The normalized spacial score (nSPS) is 12.2. The van der Waals surface area contributed by atoms with Crippen molar-refractivity contribution in [1.82, 2.24) is 14.5 Å². The topological polar surface area (TPSA) is 30.7 Å². The standard InChI is InChI=1S/C37H29N2S.C12H10N.Ir/c1-37(2,3)27-21-22-30-31(24-40-34(30)23-27)36-38-32-19-10-11-20-33(32)39(36)35-28(25-13-6-4-7-14-25)17-12-18-29(35)26-15-8-5-9-16-26;1-10-7-8-12(13-9-10)11-5-3-2-4-6-11;/h4-23H,1-3H3;2-5,7-9H,1H3;/q2*-1;/i;1D3;. The van der Waals surface area contributed by atoms with Crippen molar-refractivity contribution in [3.63, 3.8) is 0 Å². The second kappa shape index (κ2) is 15.9. The van der Waals surface area contributed by atoms with Gasteiger partial charge in [0.05, 0.1) is 22.5 Å². The van der Waals surface area contributed by atoms with Crippen LogP contribution < -0.4 is 0 Å². The number of para-hydroxylation sites is 3. The number of rotatable bonds is 5. The Balaban J connectivity index is 0.000000246. The summed E-state index contributed by atoms with van der Waals surface area (Å²) in [6, 6.07) is 57.0. The molecule has 0 saturated heterocycles. The van der Waals surface area contributed by atoms with Crippen molar-refractivity contribution in [3.05, 3.63) is 186 Å². The van der Waals surface area contributed by atoms with E-state index < -0.39 is 6.85 Å². The number of thiophene rings is 1. The molecule has 5 heteroatoms. The molecule has 0 bridgehead atoms. The fourth-order valence-corrected chi connectivity index (χ4v) is 7.50. The van der Waals surface area contributed by atoms with Crippen LogP contribution in [0.15, 0.2) is 164 Å². The van der Waals surface area contributed by atoms with Gasteiger partial charge in [-0.2, -0.15) is 0 Å². The molecule has 0 saturated carbocycles. The zero-order valence-corrected chi connectivity index (χ0v) is 33.4. The van der Waals surface area contributed by atoms with Crippen molar-refractivity contribution in [2.75, 3.05) is 0 Å². The maximum Gasteiger partial charge on any atom is 0.0774 e. The number of hydrogen-bond acceptors (Lipinski definition) is 3. The predicted octanol–water partition coefficient (Wildman–Crippen LogP) is 13.2. The fourth-order valence-electron chi connectivity index (χ4n) is 6.62. The largest absolute Gasteiger partial charge is 0.332 e. The molecule has 1 radical (unpaired) electrons. The van der Waals surface area contributed by atoms with Crippen LogP contribution in [0.3, 0.4) is 0 Å². The summed E-state index contributed by atoms with van der Waals surface area (Å²) in [5.74, 6) is 0.913. The first-order valence-electron chi connectivity index (χ1n) is 19.2. The van der Waals surface area contributed by atoms with Gasteiger partial charge in [0, 0.05) is 41.5 Å². The molecule has 0 unspecified atom stereocenters. The van der Waals surface area contributed by atoms with Gasteiger partial charge in [-0.3, -0.25) is 16.3 Å². The molecule has 0 aliphatic heterocycles. The Morgan fingerprint density at radius 3 is 2.02 bits per heavy atom. The average molecular weight is 897 g/mol. The summed E-state index contributed by atoms with van der Waals surface area (Å²) in [5.41, 5.74) is 12.2. The molecule has 9 aromatic rings. The Bertz CT molecular complexity index is 2700.